The molecule has 0 aliphatic heterocycles. The Balaban J connectivity index is 1.68. The van der Waals surface area contributed by atoms with Crippen molar-refractivity contribution < 1.29 is 13.9 Å². The molecule has 24 heavy (non-hydrogen) atoms. The monoisotopic (exact) mass is 383 g/mol. The Morgan fingerprint density at radius 1 is 1.33 bits per heavy atom. The fourth-order valence-corrected chi connectivity index (χ4v) is 3.10. The Morgan fingerprint density at radius 3 is 2.92 bits per heavy atom. The highest BCUT2D eigenvalue weighted by Crippen LogP contribution is 2.29. The first-order valence-electron chi connectivity index (χ1n) is 6.74. The molecule has 3 rings (SSSR count). The minimum absolute atomic E-state index is 0.164. The Kier molecular flexibility index (Phi) is 5.13. The molecule has 124 valence electrons. The van der Waals surface area contributed by atoms with E-state index in [4.69, 9.17) is 27.6 Å². The van der Waals surface area contributed by atoms with Crippen molar-refractivity contribution in [2.45, 2.75) is 10.9 Å². The van der Waals surface area contributed by atoms with E-state index in [1.165, 1.54) is 18.9 Å². The summed E-state index contributed by atoms with van der Waals surface area (Å²) in [6, 6.07) is 8.43. The number of H-pyrrole nitrogens is 1. The van der Waals surface area contributed by atoms with Gasteiger partial charge in [0, 0.05) is 10.6 Å². The van der Waals surface area contributed by atoms with Gasteiger partial charge in [0.25, 0.3) is 0 Å². The van der Waals surface area contributed by atoms with Gasteiger partial charge < -0.3 is 9.15 Å². The fraction of sp³-hybridized carbons (Fsp3) is 0.133. The lowest BCUT2D eigenvalue weighted by Crippen LogP contribution is -1.98. The molecule has 0 atom stereocenters. The van der Waals surface area contributed by atoms with Crippen LogP contribution < -0.4 is 0 Å². The summed E-state index contributed by atoms with van der Waals surface area (Å²) in [4.78, 5) is 15.7. The smallest absolute Gasteiger partial charge is 0.373 e. The summed E-state index contributed by atoms with van der Waals surface area (Å²) < 4.78 is 9.98. The molecule has 0 unspecified atom stereocenters. The minimum Gasteiger partial charge on any atom is -0.463 e. The van der Waals surface area contributed by atoms with Crippen molar-refractivity contribution in [3.8, 4) is 11.4 Å². The average Bonchev–Trinajstić information content (AvgIpc) is 3.21. The number of furan rings is 1. The quantitative estimate of drug-likeness (QED) is 0.517. The van der Waals surface area contributed by atoms with Crippen molar-refractivity contribution in [3.63, 3.8) is 0 Å². The molecule has 0 aliphatic rings. The largest absolute Gasteiger partial charge is 0.463 e. The molecule has 0 saturated heterocycles. The third-order valence-corrected chi connectivity index (χ3v) is 4.46. The van der Waals surface area contributed by atoms with E-state index in [0.717, 1.165) is 0 Å². The molecule has 3 aromatic rings. The number of benzene rings is 1. The maximum atomic E-state index is 11.3. The maximum Gasteiger partial charge on any atom is 0.373 e. The second-order valence-corrected chi connectivity index (χ2v) is 6.42. The zero-order chi connectivity index (χ0) is 17.1. The van der Waals surface area contributed by atoms with E-state index >= 15 is 0 Å². The van der Waals surface area contributed by atoms with E-state index in [1.54, 1.807) is 30.3 Å². The third-order valence-electron chi connectivity index (χ3n) is 3.04. The normalized spacial score (nSPS) is 10.8. The van der Waals surface area contributed by atoms with Crippen LogP contribution >= 0.6 is 35.0 Å². The Labute approximate surface area is 151 Å². The number of halogens is 2. The number of nitrogens with zero attached hydrogens (tertiary/aromatic N) is 2. The number of esters is 1. The summed E-state index contributed by atoms with van der Waals surface area (Å²) in [5.74, 6) is 1.30. The van der Waals surface area contributed by atoms with Crippen LogP contribution in [0.4, 0.5) is 0 Å². The van der Waals surface area contributed by atoms with Crippen LogP contribution in [0.5, 0.6) is 0 Å². The molecule has 0 radical (unpaired) electrons. The van der Waals surface area contributed by atoms with Gasteiger partial charge in [-0.1, -0.05) is 35.0 Å². The van der Waals surface area contributed by atoms with Gasteiger partial charge >= 0.3 is 5.97 Å². The molecule has 1 aromatic carbocycles. The molecule has 0 fully saturated rings. The van der Waals surface area contributed by atoms with Crippen molar-refractivity contribution in [2.75, 3.05) is 7.11 Å². The number of aromatic amines is 1. The first-order valence-corrected chi connectivity index (χ1v) is 8.48. The summed E-state index contributed by atoms with van der Waals surface area (Å²) in [6.07, 6.45) is 0. The summed E-state index contributed by atoms with van der Waals surface area (Å²) in [5.41, 5.74) is 0.714. The zero-order valence-electron chi connectivity index (χ0n) is 12.4. The van der Waals surface area contributed by atoms with Crippen LogP contribution in [0.1, 0.15) is 16.3 Å². The second-order valence-electron chi connectivity index (χ2n) is 4.64. The number of aromatic nitrogens is 3. The van der Waals surface area contributed by atoms with Crippen molar-refractivity contribution in [1.82, 2.24) is 15.2 Å². The zero-order valence-corrected chi connectivity index (χ0v) is 14.7. The minimum atomic E-state index is -0.510. The van der Waals surface area contributed by atoms with Crippen molar-refractivity contribution in [1.29, 1.82) is 0 Å². The number of methoxy groups -OCH3 is 1. The average molecular weight is 384 g/mol. The molecule has 6 nitrogen and oxygen atoms in total. The highest BCUT2D eigenvalue weighted by atomic mass is 35.5. The van der Waals surface area contributed by atoms with E-state index in [1.807, 2.05) is 0 Å². The van der Waals surface area contributed by atoms with Gasteiger partial charge in [-0.15, -0.1) is 5.10 Å². The summed E-state index contributed by atoms with van der Waals surface area (Å²) in [6.45, 7) is 0. The number of carbonyl (C=O) groups excluding carboxylic acids is 1. The standard InChI is InChI=1S/C15H11Cl2N3O3S/c1-22-14(21)12-5-3-9(23-12)7-24-15-18-13(19-20-15)10-4-2-8(16)6-11(10)17/h2-6H,7H2,1H3,(H,18,19,20). The lowest BCUT2D eigenvalue weighted by molar-refractivity contribution is 0.0563. The van der Waals surface area contributed by atoms with E-state index in [0.29, 0.717) is 38.1 Å². The number of nitrogens with one attached hydrogen (secondary N) is 1. The van der Waals surface area contributed by atoms with Gasteiger partial charge in [0.15, 0.2) is 5.82 Å². The third kappa shape index (κ3) is 3.75. The van der Waals surface area contributed by atoms with Gasteiger partial charge in [-0.3, -0.25) is 5.10 Å². The van der Waals surface area contributed by atoms with Crippen molar-refractivity contribution in [2.24, 2.45) is 0 Å². The van der Waals surface area contributed by atoms with Crippen LogP contribution in [-0.4, -0.2) is 28.3 Å². The molecular weight excluding hydrogens is 373 g/mol. The predicted molar refractivity (Wildman–Crippen MR) is 91.4 cm³/mol. The fourth-order valence-electron chi connectivity index (χ4n) is 1.91. The first kappa shape index (κ1) is 16.9. The highest BCUT2D eigenvalue weighted by molar-refractivity contribution is 7.98. The molecule has 2 aromatic heterocycles. The maximum absolute atomic E-state index is 11.3. The van der Waals surface area contributed by atoms with Crippen LogP contribution in [0.3, 0.4) is 0 Å². The van der Waals surface area contributed by atoms with Gasteiger partial charge in [0.05, 0.1) is 17.9 Å². The molecule has 2 heterocycles. The summed E-state index contributed by atoms with van der Waals surface area (Å²) in [7, 11) is 1.30. The van der Waals surface area contributed by atoms with Gasteiger partial charge in [-0.25, -0.2) is 9.78 Å². The Hall–Kier alpha value is -1.96. The topological polar surface area (TPSA) is 81.0 Å². The van der Waals surface area contributed by atoms with E-state index in [2.05, 4.69) is 19.9 Å². The van der Waals surface area contributed by atoms with Crippen LogP contribution in [0.15, 0.2) is 39.9 Å². The molecule has 0 amide bonds. The number of ether oxygens (including phenoxy) is 1. The van der Waals surface area contributed by atoms with Gasteiger partial charge in [0.2, 0.25) is 10.9 Å². The molecule has 0 aliphatic carbocycles. The van der Waals surface area contributed by atoms with Crippen LogP contribution in [0.25, 0.3) is 11.4 Å². The van der Waals surface area contributed by atoms with Crippen LogP contribution in [-0.2, 0) is 10.5 Å². The van der Waals surface area contributed by atoms with Gasteiger partial charge in [-0.05, 0) is 30.3 Å². The summed E-state index contributed by atoms with van der Waals surface area (Å²) in [5, 5.41) is 8.55. The highest BCUT2D eigenvalue weighted by Gasteiger charge is 2.13. The van der Waals surface area contributed by atoms with Crippen molar-refractivity contribution in [3.05, 3.63) is 51.9 Å². The Morgan fingerprint density at radius 2 is 2.17 bits per heavy atom. The molecular formula is C15H11Cl2N3O3S. The van der Waals surface area contributed by atoms with Gasteiger partial charge in [0.1, 0.15) is 5.76 Å². The van der Waals surface area contributed by atoms with Crippen molar-refractivity contribution >= 4 is 40.9 Å². The number of thioether (sulfide) groups is 1. The molecule has 0 saturated carbocycles. The molecule has 1 N–H and O–H groups in total. The number of carbonyl (C=O) groups is 1. The lowest BCUT2D eigenvalue weighted by atomic mass is 10.2. The lowest BCUT2D eigenvalue weighted by Gasteiger charge is -1.99. The second kappa shape index (κ2) is 7.29. The predicted octanol–water partition coefficient (Wildman–Crippen LogP) is 4.45. The number of rotatable bonds is 5. The number of hydrogen-bond acceptors (Lipinski definition) is 6. The van der Waals surface area contributed by atoms with Gasteiger partial charge in [-0.2, -0.15) is 0 Å². The molecule has 0 spiro atoms. The van der Waals surface area contributed by atoms with Crippen LogP contribution in [0, 0.1) is 0 Å². The molecule has 9 heteroatoms. The van der Waals surface area contributed by atoms with E-state index in [9.17, 15) is 4.79 Å². The Bertz CT molecular complexity index is 878. The summed E-state index contributed by atoms with van der Waals surface area (Å²) >= 11 is 13.4. The first-order chi connectivity index (χ1) is 11.6. The molecule has 0 bridgehead atoms. The SMILES string of the molecule is COC(=O)c1ccc(CSc2n[nH]c(-c3ccc(Cl)cc3Cl)n2)o1. The van der Waals surface area contributed by atoms with E-state index < -0.39 is 5.97 Å². The number of hydrogen-bond donors (Lipinski definition) is 1. The van der Waals surface area contributed by atoms with Crippen LogP contribution in [0.2, 0.25) is 10.0 Å². The van der Waals surface area contributed by atoms with E-state index in [-0.39, 0.29) is 5.76 Å².